The lowest BCUT2D eigenvalue weighted by Crippen LogP contribution is -1.99. The van der Waals surface area contributed by atoms with Crippen LogP contribution in [0.5, 0.6) is 5.75 Å². The molecule has 0 saturated carbocycles. The summed E-state index contributed by atoms with van der Waals surface area (Å²) in [6.45, 7) is 2.54. The number of nitrogens with zero attached hydrogens (tertiary/aromatic N) is 2. The van der Waals surface area contributed by atoms with Crippen molar-refractivity contribution in [1.82, 2.24) is 0 Å². The smallest absolute Gasteiger partial charge is 0.123 e. The van der Waals surface area contributed by atoms with Crippen LogP contribution in [0.4, 0.5) is 0 Å². The highest BCUT2D eigenvalue weighted by Gasteiger charge is 2.01. The predicted molar refractivity (Wildman–Crippen MR) is 60.9 cm³/mol. The average Bonchev–Trinajstić information content (AvgIpc) is 2.31. The van der Waals surface area contributed by atoms with Crippen LogP contribution in [0.3, 0.4) is 0 Å². The third kappa shape index (κ3) is 3.63. The SMILES string of the molecule is Cc1ccc(C#N)cc1OCCCCC#N. The highest BCUT2D eigenvalue weighted by Crippen LogP contribution is 2.19. The molecule has 0 bridgehead atoms. The van der Waals surface area contributed by atoms with E-state index in [9.17, 15) is 0 Å². The molecule has 1 rings (SSSR count). The van der Waals surface area contributed by atoms with Gasteiger partial charge in [-0.15, -0.1) is 0 Å². The Bertz CT molecular complexity index is 427. The molecule has 0 spiro atoms. The number of ether oxygens (including phenoxy) is 1. The summed E-state index contributed by atoms with van der Waals surface area (Å²) in [6, 6.07) is 9.58. The lowest BCUT2D eigenvalue weighted by molar-refractivity contribution is 0.305. The van der Waals surface area contributed by atoms with Crippen LogP contribution in [0.1, 0.15) is 30.4 Å². The Hall–Kier alpha value is -2.00. The fraction of sp³-hybridized carbons (Fsp3) is 0.385. The second-order valence-corrected chi connectivity index (χ2v) is 3.56. The van der Waals surface area contributed by atoms with E-state index in [1.54, 1.807) is 12.1 Å². The van der Waals surface area contributed by atoms with Gasteiger partial charge in [0.2, 0.25) is 0 Å². The van der Waals surface area contributed by atoms with E-state index in [4.69, 9.17) is 15.3 Å². The first kappa shape index (κ1) is 12.1. The van der Waals surface area contributed by atoms with E-state index in [-0.39, 0.29) is 0 Å². The number of unbranched alkanes of at least 4 members (excludes halogenated alkanes) is 2. The fourth-order valence-corrected chi connectivity index (χ4v) is 1.31. The molecule has 0 aliphatic carbocycles. The number of aryl methyl sites for hydroxylation is 1. The second-order valence-electron chi connectivity index (χ2n) is 3.56. The maximum atomic E-state index is 8.75. The fourth-order valence-electron chi connectivity index (χ4n) is 1.31. The number of hydrogen-bond donors (Lipinski definition) is 0. The van der Waals surface area contributed by atoms with Crippen molar-refractivity contribution >= 4 is 0 Å². The van der Waals surface area contributed by atoms with E-state index in [2.05, 4.69) is 12.1 Å². The summed E-state index contributed by atoms with van der Waals surface area (Å²) < 4.78 is 5.57. The van der Waals surface area contributed by atoms with Crippen molar-refractivity contribution in [2.75, 3.05) is 6.61 Å². The van der Waals surface area contributed by atoms with Gasteiger partial charge in [0.15, 0.2) is 0 Å². The van der Waals surface area contributed by atoms with Crippen molar-refractivity contribution in [3.05, 3.63) is 29.3 Å². The van der Waals surface area contributed by atoms with Gasteiger partial charge in [0.25, 0.3) is 0 Å². The zero-order valence-corrected chi connectivity index (χ0v) is 9.36. The molecule has 1 aromatic carbocycles. The monoisotopic (exact) mass is 214 g/mol. The summed E-state index contributed by atoms with van der Waals surface area (Å²) in [5.41, 5.74) is 1.64. The molecule has 0 saturated heterocycles. The van der Waals surface area contributed by atoms with Crippen molar-refractivity contribution in [1.29, 1.82) is 10.5 Å². The minimum absolute atomic E-state index is 0.570. The topological polar surface area (TPSA) is 56.8 Å². The molecule has 3 heteroatoms. The molecule has 0 fully saturated rings. The van der Waals surface area contributed by atoms with E-state index in [0.717, 1.165) is 24.2 Å². The molecule has 16 heavy (non-hydrogen) atoms. The van der Waals surface area contributed by atoms with Gasteiger partial charge < -0.3 is 4.74 Å². The summed E-state index contributed by atoms with van der Waals surface area (Å²) in [6.07, 6.45) is 2.29. The van der Waals surface area contributed by atoms with Crippen LogP contribution in [0, 0.1) is 29.6 Å². The van der Waals surface area contributed by atoms with Crippen LogP contribution in [0.25, 0.3) is 0 Å². The number of hydrogen-bond acceptors (Lipinski definition) is 3. The first-order chi connectivity index (χ1) is 7.77. The third-order valence-corrected chi connectivity index (χ3v) is 2.26. The van der Waals surface area contributed by atoms with Gasteiger partial charge in [0.05, 0.1) is 24.3 Å². The molecule has 0 aromatic heterocycles. The van der Waals surface area contributed by atoms with Gasteiger partial charge in [-0.2, -0.15) is 10.5 Å². The van der Waals surface area contributed by atoms with Gasteiger partial charge in [-0.3, -0.25) is 0 Å². The Kier molecular flexibility index (Phi) is 4.89. The Labute approximate surface area is 95.9 Å². The molecular weight excluding hydrogens is 200 g/mol. The largest absolute Gasteiger partial charge is 0.493 e. The minimum Gasteiger partial charge on any atom is -0.493 e. The van der Waals surface area contributed by atoms with Crippen molar-refractivity contribution < 1.29 is 4.74 Å². The number of nitriles is 2. The number of rotatable bonds is 5. The van der Waals surface area contributed by atoms with E-state index in [1.807, 2.05) is 13.0 Å². The van der Waals surface area contributed by atoms with Crippen LogP contribution in [0.15, 0.2) is 18.2 Å². The van der Waals surface area contributed by atoms with Gasteiger partial charge in [-0.05, 0) is 37.5 Å². The van der Waals surface area contributed by atoms with Crippen molar-refractivity contribution in [2.45, 2.75) is 26.2 Å². The van der Waals surface area contributed by atoms with Crippen LogP contribution >= 0.6 is 0 Å². The molecule has 3 nitrogen and oxygen atoms in total. The predicted octanol–water partition coefficient (Wildman–Crippen LogP) is 2.94. The summed E-state index contributed by atoms with van der Waals surface area (Å²) in [5.74, 6) is 0.760. The zero-order valence-electron chi connectivity index (χ0n) is 9.36. The molecule has 0 atom stereocenters. The zero-order chi connectivity index (χ0) is 11.8. The van der Waals surface area contributed by atoms with Gasteiger partial charge >= 0.3 is 0 Å². The van der Waals surface area contributed by atoms with E-state index < -0.39 is 0 Å². The first-order valence-corrected chi connectivity index (χ1v) is 5.28. The van der Waals surface area contributed by atoms with Gasteiger partial charge in [-0.25, -0.2) is 0 Å². The Morgan fingerprint density at radius 2 is 2.06 bits per heavy atom. The van der Waals surface area contributed by atoms with Crippen LogP contribution in [-0.2, 0) is 0 Å². The standard InChI is InChI=1S/C13H14N2O/c1-11-5-6-12(10-15)9-13(11)16-8-4-2-3-7-14/h5-6,9H,2-4,8H2,1H3. The molecule has 0 amide bonds. The molecule has 0 aliphatic rings. The maximum absolute atomic E-state index is 8.75. The summed E-state index contributed by atoms with van der Waals surface area (Å²) >= 11 is 0. The quantitative estimate of drug-likeness (QED) is 0.708. The molecule has 0 radical (unpaired) electrons. The van der Waals surface area contributed by atoms with Gasteiger partial charge in [-0.1, -0.05) is 6.07 Å². The molecule has 0 unspecified atom stereocenters. The van der Waals surface area contributed by atoms with Crippen molar-refractivity contribution in [3.63, 3.8) is 0 Å². The van der Waals surface area contributed by atoms with Gasteiger partial charge in [0, 0.05) is 6.42 Å². The lowest BCUT2D eigenvalue weighted by atomic mass is 10.1. The normalized spacial score (nSPS) is 9.19. The highest BCUT2D eigenvalue weighted by molar-refractivity contribution is 5.41. The van der Waals surface area contributed by atoms with E-state index >= 15 is 0 Å². The molecule has 82 valence electrons. The Balaban J connectivity index is 2.48. The summed E-state index contributed by atoms with van der Waals surface area (Å²) in [5, 5.41) is 17.1. The van der Waals surface area contributed by atoms with Crippen molar-refractivity contribution in [3.8, 4) is 17.9 Å². The van der Waals surface area contributed by atoms with Crippen molar-refractivity contribution in [2.24, 2.45) is 0 Å². The number of benzene rings is 1. The maximum Gasteiger partial charge on any atom is 0.123 e. The second kappa shape index (κ2) is 6.48. The first-order valence-electron chi connectivity index (χ1n) is 5.28. The average molecular weight is 214 g/mol. The van der Waals surface area contributed by atoms with E-state index in [0.29, 0.717) is 18.6 Å². The molecule has 0 aliphatic heterocycles. The van der Waals surface area contributed by atoms with E-state index in [1.165, 1.54) is 0 Å². The Morgan fingerprint density at radius 3 is 2.75 bits per heavy atom. The molecule has 0 heterocycles. The third-order valence-electron chi connectivity index (χ3n) is 2.26. The molecule has 0 N–H and O–H groups in total. The highest BCUT2D eigenvalue weighted by atomic mass is 16.5. The summed E-state index contributed by atoms with van der Waals surface area (Å²) in [4.78, 5) is 0. The van der Waals surface area contributed by atoms with Crippen LogP contribution in [-0.4, -0.2) is 6.61 Å². The van der Waals surface area contributed by atoms with Crippen LogP contribution in [0.2, 0.25) is 0 Å². The van der Waals surface area contributed by atoms with Crippen LogP contribution < -0.4 is 4.74 Å². The molecular formula is C13H14N2O. The lowest BCUT2D eigenvalue weighted by Gasteiger charge is -2.08. The molecule has 1 aromatic rings. The Morgan fingerprint density at radius 1 is 1.25 bits per heavy atom. The minimum atomic E-state index is 0.570. The summed E-state index contributed by atoms with van der Waals surface area (Å²) in [7, 11) is 0. The van der Waals surface area contributed by atoms with Gasteiger partial charge in [0.1, 0.15) is 5.75 Å².